The predicted molar refractivity (Wildman–Crippen MR) is 63.7 cm³/mol. The number of pyridine rings is 1. The molecule has 82 valence electrons. The molecule has 5 heteroatoms. The number of carboxylic acid groups (broad SMARTS) is 1. The zero-order valence-corrected chi connectivity index (χ0v) is 9.41. The SMILES string of the molecule is Cc1sccc1-c1cnc(N)cc1C(=O)O. The standard InChI is InChI=1S/C11H10N2O2S/c1-6-7(2-3-16-6)9-5-13-10(12)4-8(9)11(14)15/h2-5H,1H3,(H2,12,13)(H,14,15). The minimum Gasteiger partial charge on any atom is -0.478 e. The van der Waals surface area contributed by atoms with Gasteiger partial charge in [-0.3, -0.25) is 0 Å². The quantitative estimate of drug-likeness (QED) is 0.836. The number of nitrogens with zero attached hydrogens (tertiary/aromatic N) is 1. The average molecular weight is 234 g/mol. The molecule has 0 saturated heterocycles. The van der Waals surface area contributed by atoms with E-state index in [1.54, 1.807) is 11.3 Å². The number of aryl methyl sites for hydroxylation is 1. The van der Waals surface area contributed by atoms with Gasteiger partial charge in [0.05, 0.1) is 5.56 Å². The van der Waals surface area contributed by atoms with Crippen LogP contribution >= 0.6 is 11.3 Å². The Bertz CT molecular complexity index is 549. The van der Waals surface area contributed by atoms with Crippen LogP contribution in [-0.2, 0) is 0 Å². The lowest BCUT2D eigenvalue weighted by molar-refractivity contribution is 0.0697. The van der Waals surface area contributed by atoms with Gasteiger partial charge in [-0.1, -0.05) is 0 Å². The van der Waals surface area contributed by atoms with Crippen molar-refractivity contribution in [3.05, 3.63) is 34.2 Å². The molecular formula is C11H10N2O2S. The van der Waals surface area contributed by atoms with Crippen LogP contribution < -0.4 is 5.73 Å². The van der Waals surface area contributed by atoms with Gasteiger partial charge in [0.15, 0.2) is 0 Å². The Kier molecular flexibility index (Phi) is 2.62. The Hall–Kier alpha value is -1.88. The summed E-state index contributed by atoms with van der Waals surface area (Å²) in [6, 6.07) is 3.27. The second kappa shape index (κ2) is 3.94. The van der Waals surface area contributed by atoms with E-state index in [4.69, 9.17) is 10.8 Å². The van der Waals surface area contributed by atoms with Crippen LogP contribution in [0.4, 0.5) is 5.82 Å². The van der Waals surface area contributed by atoms with E-state index >= 15 is 0 Å². The zero-order chi connectivity index (χ0) is 11.7. The Morgan fingerprint density at radius 3 is 2.81 bits per heavy atom. The largest absolute Gasteiger partial charge is 0.478 e. The molecule has 3 N–H and O–H groups in total. The summed E-state index contributed by atoms with van der Waals surface area (Å²) in [6.45, 7) is 1.95. The van der Waals surface area contributed by atoms with Gasteiger partial charge >= 0.3 is 5.97 Å². The molecule has 0 atom stereocenters. The van der Waals surface area contributed by atoms with Crippen LogP contribution in [0.2, 0.25) is 0 Å². The van der Waals surface area contributed by atoms with Gasteiger partial charge in [-0.15, -0.1) is 11.3 Å². The minimum absolute atomic E-state index is 0.189. The Labute approximate surface area is 96.4 Å². The highest BCUT2D eigenvalue weighted by Crippen LogP contribution is 2.30. The van der Waals surface area contributed by atoms with E-state index in [-0.39, 0.29) is 11.4 Å². The van der Waals surface area contributed by atoms with Crippen molar-refractivity contribution in [1.82, 2.24) is 4.98 Å². The lowest BCUT2D eigenvalue weighted by Crippen LogP contribution is -2.02. The van der Waals surface area contributed by atoms with Crippen LogP contribution in [0, 0.1) is 6.92 Å². The molecule has 0 amide bonds. The molecule has 2 aromatic heterocycles. The highest BCUT2D eigenvalue weighted by molar-refractivity contribution is 7.10. The Balaban J connectivity index is 2.65. The number of hydrogen-bond acceptors (Lipinski definition) is 4. The summed E-state index contributed by atoms with van der Waals surface area (Å²) >= 11 is 1.57. The van der Waals surface area contributed by atoms with Crippen molar-refractivity contribution in [1.29, 1.82) is 0 Å². The molecule has 0 unspecified atom stereocenters. The maximum Gasteiger partial charge on any atom is 0.336 e. The fourth-order valence-electron chi connectivity index (χ4n) is 1.53. The normalized spacial score (nSPS) is 10.3. The van der Waals surface area contributed by atoms with Gasteiger partial charge in [0.25, 0.3) is 0 Å². The lowest BCUT2D eigenvalue weighted by Gasteiger charge is -2.05. The van der Waals surface area contributed by atoms with E-state index in [1.165, 1.54) is 12.3 Å². The van der Waals surface area contributed by atoms with Crippen LogP contribution in [0.15, 0.2) is 23.7 Å². The van der Waals surface area contributed by atoms with Crippen molar-refractivity contribution in [2.24, 2.45) is 0 Å². The number of thiophene rings is 1. The van der Waals surface area contributed by atoms with E-state index < -0.39 is 5.97 Å². The van der Waals surface area contributed by atoms with E-state index in [1.807, 2.05) is 18.4 Å². The molecular weight excluding hydrogens is 224 g/mol. The number of carbonyl (C=O) groups is 1. The van der Waals surface area contributed by atoms with Gasteiger partial charge in [-0.25, -0.2) is 9.78 Å². The van der Waals surface area contributed by atoms with Crippen LogP contribution in [0.25, 0.3) is 11.1 Å². The third-order valence-electron chi connectivity index (χ3n) is 2.30. The molecule has 0 aliphatic heterocycles. The number of aromatic nitrogens is 1. The third kappa shape index (κ3) is 1.77. The van der Waals surface area contributed by atoms with Crippen molar-refractivity contribution < 1.29 is 9.90 Å². The first-order chi connectivity index (χ1) is 7.59. The number of nitrogen functional groups attached to an aromatic ring is 1. The number of hydrogen-bond donors (Lipinski definition) is 2. The number of carboxylic acids is 1. The Morgan fingerprint density at radius 2 is 2.25 bits per heavy atom. The molecule has 4 nitrogen and oxygen atoms in total. The van der Waals surface area contributed by atoms with Crippen molar-refractivity contribution >= 4 is 23.1 Å². The smallest absolute Gasteiger partial charge is 0.336 e. The number of nitrogens with two attached hydrogens (primary N) is 1. The minimum atomic E-state index is -0.991. The number of anilines is 1. The van der Waals surface area contributed by atoms with Gasteiger partial charge in [0.2, 0.25) is 0 Å². The molecule has 0 radical (unpaired) electrons. The van der Waals surface area contributed by atoms with Crippen LogP contribution in [0.1, 0.15) is 15.2 Å². The fourth-order valence-corrected chi connectivity index (χ4v) is 2.24. The van der Waals surface area contributed by atoms with E-state index in [9.17, 15) is 4.79 Å². The predicted octanol–water partition coefficient (Wildman–Crippen LogP) is 2.40. The van der Waals surface area contributed by atoms with E-state index in [2.05, 4.69) is 4.98 Å². The molecule has 0 spiro atoms. The van der Waals surface area contributed by atoms with Crippen molar-refractivity contribution in [3.8, 4) is 11.1 Å². The van der Waals surface area contributed by atoms with Crippen LogP contribution in [-0.4, -0.2) is 16.1 Å². The first-order valence-corrected chi connectivity index (χ1v) is 5.51. The first-order valence-electron chi connectivity index (χ1n) is 4.63. The number of aromatic carboxylic acids is 1. The molecule has 16 heavy (non-hydrogen) atoms. The van der Waals surface area contributed by atoms with Crippen LogP contribution in [0.5, 0.6) is 0 Å². The molecule has 2 heterocycles. The fraction of sp³-hybridized carbons (Fsp3) is 0.0909. The van der Waals surface area contributed by atoms with Crippen molar-refractivity contribution in [3.63, 3.8) is 0 Å². The summed E-state index contributed by atoms with van der Waals surface area (Å²) in [7, 11) is 0. The third-order valence-corrected chi connectivity index (χ3v) is 3.15. The van der Waals surface area contributed by atoms with E-state index in [0.29, 0.717) is 5.56 Å². The zero-order valence-electron chi connectivity index (χ0n) is 8.60. The van der Waals surface area contributed by atoms with Crippen molar-refractivity contribution in [2.45, 2.75) is 6.92 Å². The maximum atomic E-state index is 11.1. The maximum absolute atomic E-state index is 11.1. The topological polar surface area (TPSA) is 76.2 Å². The van der Waals surface area contributed by atoms with E-state index in [0.717, 1.165) is 10.4 Å². The first kappa shape index (κ1) is 10.6. The summed E-state index contributed by atoms with van der Waals surface area (Å²) in [6.07, 6.45) is 1.51. The highest BCUT2D eigenvalue weighted by Gasteiger charge is 2.14. The van der Waals surface area contributed by atoms with Crippen LogP contribution in [0.3, 0.4) is 0 Å². The monoisotopic (exact) mass is 234 g/mol. The summed E-state index contributed by atoms with van der Waals surface area (Å²) < 4.78 is 0. The average Bonchev–Trinajstić information content (AvgIpc) is 2.64. The summed E-state index contributed by atoms with van der Waals surface area (Å²) in [5.74, 6) is -0.774. The van der Waals surface area contributed by atoms with Gasteiger partial charge in [0.1, 0.15) is 5.82 Å². The summed E-state index contributed by atoms with van der Waals surface area (Å²) in [5.41, 5.74) is 7.18. The molecule has 0 fully saturated rings. The number of rotatable bonds is 2. The Morgan fingerprint density at radius 1 is 1.50 bits per heavy atom. The van der Waals surface area contributed by atoms with Crippen molar-refractivity contribution in [2.75, 3.05) is 5.73 Å². The molecule has 0 aliphatic rings. The van der Waals surface area contributed by atoms with Gasteiger partial charge < -0.3 is 10.8 Å². The summed E-state index contributed by atoms with van der Waals surface area (Å²) in [4.78, 5) is 16.1. The molecule has 0 aliphatic carbocycles. The molecule has 2 rings (SSSR count). The molecule has 0 bridgehead atoms. The molecule has 2 aromatic rings. The van der Waals surface area contributed by atoms with Gasteiger partial charge in [-0.2, -0.15) is 0 Å². The molecule has 0 aromatic carbocycles. The lowest BCUT2D eigenvalue weighted by atomic mass is 10.0. The van der Waals surface area contributed by atoms with Gasteiger partial charge in [0, 0.05) is 16.6 Å². The van der Waals surface area contributed by atoms with Gasteiger partial charge in [-0.05, 0) is 30.0 Å². The molecule has 0 saturated carbocycles. The second-order valence-corrected chi connectivity index (χ2v) is 4.47. The summed E-state index contributed by atoms with van der Waals surface area (Å²) in [5, 5.41) is 11.0. The second-order valence-electron chi connectivity index (χ2n) is 3.35. The highest BCUT2D eigenvalue weighted by atomic mass is 32.1.